The van der Waals surface area contributed by atoms with Gasteiger partial charge in [-0.15, -0.1) is 0 Å². The number of hydrogen-bond acceptors (Lipinski definition) is 5. The summed E-state index contributed by atoms with van der Waals surface area (Å²) >= 11 is 0. The van der Waals surface area contributed by atoms with E-state index in [4.69, 9.17) is 4.52 Å². The summed E-state index contributed by atoms with van der Waals surface area (Å²) < 4.78 is 6.25. The lowest BCUT2D eigenvalue weighted by molar-refractivity contribution is 0.365. The maximum Gasteiger partial charge on any atom is 0.328 e. The Morgan fingerprint density at radius 3 is 2.82 bits per heavy atom. The quantitative estimate of drug-likeness (QED) is 0.799. The van der Waals surface area contributed by atoms with Crippen LogP contribution in [-0.2, 0) is 13.0 Å². The molecule has 2 rings (SSSR count). The number of aryl methyl sites for hydroxylation is 2. The van der Waals surface area contributed by atoms with E-state index >= 15 is 0 Å². The Bertz CT molecular complexity index is 637. The van der Waals surface area contributed by atoms with E-state index in [1.54, 1.807) is 6.92 Å². The van der Waals surface area contributed by atoms with Crippen molar-refractivity contribution >= 4 is 0 Å². The first-order chi connectivity index (χ1) is 8.10. The van der Waals surface area contributed by atoms with Crippen LogP contribution in [0.5, 0.6) is 0 Å². The van der Waals surface area contributed by atoms with Crippen LogP contribution in [0.4, 0.5) is 0 Å². The summed E-state index contributed by atoms with van der Waals surface area (Å²) in [6, 6.07) is 0. The van der Waals surface area contributed by atoms with E-state index in [0.717, 1.165) is 0 Å². The predicted molar refractivity (Wildman–Crippen MR) is 58.8 cm³/mol. The monoisotopic (exact) mass is 236 g/mol. The molecule has 17 heavy (non-hydrogen) atoms. The molecule has 0 radical (unpaired) electrons. The third kappa shape index (κ3) is 2.32. The normalized spacial score (nSPS) is 10.7. The first kappa shape index (κ1) is 11.3. The second kappa shape index (κ2) is 4.36. The third-order valence-corrected chi connectivity index (χ3v) is 2.34. The van der Waals surface area contributed by atoms with Crippen LogP contribution in [0.1, 0.15) is 24.2 Å². The number of nitrogens with one attached hydrogen (secondary N) is 1. The molecule has 1 N–H and O–H groups in total. The van der Waals surface area contributed by atoms with Crippen molar-refractivity contribution in [3.8, 4) is 0 Å². The molecule has 0 saturated heterocycles. The van der Waals surface area contributed by atoms with E-state index in [0.29, 0.717) is 23.7 Å². The van der Waals surface area contributed by atoms with Gasteiger partial charge in [-0.05, 0) is 13.3 Å². The van der Waals surface area contributed by atoms with Crippen molar-refractivity contribution in [1.29, 1.82) is 0 Å². The van der Waals surface area contributed by atoms with Gasteiger partial charge in [0, 0.05) is 11.8 Å². The number of hydrogen-bond donors (Lipinski definition) is 1. The molecule has 0 aliphatic heterocycles. The first-order valence-electron chi connectivity index (χ1n) is 5.22. The van der Waals surface area contributed by atoms with Gasteiger partial charge in [0.15, 0.2) is 5.82 Å². The van der Waals surface area contributed by atoms with E-state index < -0.39 is 5.69 Å². The average Bonchev–Trinajstić information content (AvgIpc) is 2.68. The van der Waals surface area contributed by atoms with E-state index in [1.165, 1.54) is 10.8 Å². The fraction of sp³-hybridized carbons (Fsp3) is 0.400. The standard InChI is InChI=1S/C10H12N4O3/c1-3-7-4-14(10(16)12-9(7)15)5-8-11-6(2)13-17-8/h4H,3,5H2,1-2H3,(H,12,15,16). The van der Waals surface area contributed by atoms with E-state index in [9.17, 15) is 9.59 Å². The van der Waals surface area contributed by atoms with Crippen LogP contribution < -0.4 is 11.2 Å². The molecule has 0 aliphatic carbocycles. The SMILES string of the molecule is CCc1cn(Cc2nc(C)no2)c(=O)[nH]c1=O. The molecular formula is C10H12N4O3. The fourth-order valence-corrected chi connectivity index (χ4v) is 1.47. The van der Waals surface area contributed by atoms with Crippen molar-refractivity contribution in [2.45, 2.75) is 26.8 Å². The predicted octanol–water partition coefficient (Wildman–Crippen LogP) is -0.161. The van der Waals surface area contributed by atoms with Gasteiger partial charge in [0.05, 0.1) is 0 Å². The highest BCUT2D eigenvalue weighted by molar-refractivity contribution is 5.04. The first-order valence-corrected chi connectivity index (χ1v) is 5.22. The summed E-state index contributed by atoms with van der Waals surface area (Å²) in [6.07, 6.45) is 2.07. The Balaban J connectivity index is 2.39. The lowest BCUT2D eigenvalue weighted by Crippen LogP contribution is -2.31. The summed E-state index contributed by atoms with van der Waals surface area (Å²) in [5.41, 5.74) is -0.292. The molecule has 0 saturated carbocycles. The maximum atomic E-state index is 11.5. The molecule has 0 amide bonds. The third-order valence-electron chi connectivity index (χ3n) is 2.34. The zero-order valence-electron chi connectivity index (χ0n) is 9.56. The molecule has 0 bridgehead atoms. The lowest BCUT2D eigenvalue weighted by atomic mass is 10.3. The van der Waals surface area contributed by atoms with Crippen LogP contribution in [0.25, 0.3) is 0 Å². The van der Waals surface area contributed by atoms with Gasteiger partial charge in [-0.2, -0.15) is 4.98 Å². The minimum atomic E-state index is -0.483. The summed E-state index contributed by atoms with van der Waals surface area (Å²) in [5, 5.41) is 3.63. The topological polar surface area (TPSA) is 93.8 Å². The molecule has 0 spiro atoms. The second-order valence-corrected chi connectivity index (χ2v) is 3.63. The highest BCUT2D eigenvalue weighted by Gasteiger charge is 2.07. The molecular weight excluding hydrogens is 224 g/mol. The van der Waals surface area contributed by atoms with Gasteiger partial charge >= 0.3 is 5.69 Å². The van der Waals surface area contributed by atoms with E-state index in [2.05, 4.69) is 15.1 Å². The van der Waals surface area contributed by atoms with Crippen molar-refractivity contribution in [2.24, 2.45) is 0 Å². The van der Waals surface area contributed by atoms with Gasteiger partial charge in [0.25, 0.3) is 5.56 Å². The van der Waals surface area contributed by atoms with Gasteiger partial charge in [0.1, 0.15) is 6.54 Å². The van der Waals surface area contributed by atoms with Gasteiger partial charge in [-0.25, -0.2) is 4.79 Å². The lowest BCUT2D eigenvalue weighted by Gasteiger charge is -2.03. The molecule has 90 valence electrons. The van der Waals surface area contributed by atoms with Crippen LogP contribution in [0.2, 0.25) is 0 Å². The van der Waals surface area contributed by atoms with Gasteiger partial charge in [-0.3, -0.25) is 14.3 Å². The Labute approximate surface area is 96.1 Å². The summed E-state index contributed by atoms with van der Waals surface area (Å²) in [4.78, 5) is 29.1. The van der Waals surface area contributed by atoms with Crippen molar-refractivity contribution in [1.82, 2.24) is 19.7 Å². The Morgan fingerprint density at radius 2 is 2.24 bits per heavy atom. The Morgan fingerprint density at radius 1 is 1.47 bits per heavy atom. The minimum absolute atomic E-state index is 0.156. The molecule has 0 aliphatic rings. The van der Waals surface area contributed by atoms with Crippen molar-refractivity contribution in [3.05, 3.63) is 44.3 Å². The van der Waals surface area contributed by atoms with Crippen LogP contribution in [0.15, 0.2) is 20.3 Å². The highest BCUT2D eigenvalue weighted by atomic mass is 16.5. The molecule has 0 fully saturated rings. The molecule has 2 heterocycles. The number of nitrogens with zero attached hydrogens (tertiary/aromatic N) is 3. The number of aromatic nitrogens is 4. The summed E-state index contributed by atoms with van der Waals surface area (Å²) in [7, 11) is 0. The largest absolute Gasteiger partial charge is 0.337 e. The van der Waals surface area contributed by atoms with Crippen molar-refractivity contribution < 1.29 is 4.52 Å². The van der Waals surface area contributed by atoms with Crippen LogP contribution >= 0.6 is 0 Å². The number of rotatable bonds is 3. The molecule has 7 nitrogen and oxygen atoms in total. The van der Waals surface area contributed by atoms with E-state index in [-0.39, 0.29) is 12.1 Å². The Hall–Kier alpha value is -2.18. The zero-order valence-corrected chi connectivity index (χ0v) is 9.56. The van der Waals surface area contributed by atoms with Crippen LogP contribution in [0, 0.1) is 6.92 Å². The van der Waals surface area contributed by atoms with E-state index in [1.807, 2.05) is 6.92 Å². The van der Waals surface area contributed by atoms with Gasteiger partial charge < -0.3 is 4.52 Å². The maximum absolute atomic E-state index is 11.5. The van der Waals surface area contributed by atoms with Crippen LogP contribution in [-0.4, -0.2) is 19.7 Å². The smallest absolute Gasteiger partial charge is 0.328 e. The molecule has 0 unspecified atom stereocenters. The summed E-state index contributed by atoms with van der Waals surface area (Å²) in [6.45, 7) is 3.69. The summed E-state index contributed by atoms with van der Waals surface area (Å²) in [5.74, 6) is 0.840. The number of aromatic amines is 1. The molecule has 7 heteroatoms. The average molecular weight is 236 g/mol. The number of H-pyrrole nitrogens is 1. The van der Waals surface area contributed by atoms with Gasteiger partial charge in [-0.1, -0.05) is 12.1 Å². The van der Waals surface area contributed by atoms with Gasteiger partial charge in [0.2, 0.25) is 5.89 Å². The molecule has 2 aromatic rings. The molecule has 0 atom stereocenters. The highest BCUT2D eigenvalue weighted by Crippen LogP contribution is 1.98. The van der Waals surface area contributed by atoms with Crippen molar-refractivity contribution in [3.63, 3.8) is 0 Å². The van der Waals surface area contributed by atoms with Crippen LogP contribution in [0.3, 0.4) is 0 Å². The zero-order chi connectivity index (χ0) is 12.4. The second-order valence-electron chi connectivity index (χ2n) is 3.63. The minimum Gasteiger partial charge on any atom is -0.337 e. The molecule has 2 aromatic heterocycles. The van der Waals surface area contributed by atoms with Crippen molar-refractivity contribution in [2.75, 3.05) is 0 Å². The fourth-order valence-electron chi connectivity index (χ4n) is 1.47. The molecule has 0 aromatic carbocycles. The Kier molecular flexibility index (Phi) is 2.90.